The van der Waals surface area contributed by atoms with Gasteiger partial charge in [-0.1, -0.05) is 17.7 Å². The van der Waals surface area contributed by atoms with Crippen molar-refractivity contribution in [3.8, 4) is 0 Å². The predicted molar refractivity (Wildman–Crippen MR) is 104 cm³/mol. The van der Waals surface area contributed by atoms with E-state index in [9.17, 15) is 5.11 Å². The number of aromatic nitrogens is 4. The first-order valence-electron chi connectivity index (χ1n) is 8.71. The highest BCUT2D eigenvalue weighted by Crippen LogP contribution is 2.23. The van der Waals surface area contributed by atoms with Gasteiger partial charge < -0.3 is 26.0 Å². The second kappa shape index (κ2) is 7.57. The fraction of sp³-hybridized carbons (Fsp3) is 0.389. The normalized spacial score (nSPS) is 12.3. The molecule has 138 valence electrons. The third kappa shape index (κ3) is 3.85. The number of benzene rings is 1. The van der Waals surface area contributed by atoms with E-state index >= 15 is 0 Å². The molecule has 0 amide bonds. The van der Waals surface area contributed by atoms with E-state index in [1.807, 2.05) is 30.5 Å². The van der Waals surface area contributed by atoms with Gasteiger partial charge in [-0.15, -0.1) is 0 Å². The van der Waals surface area contributed by atoms with Crippen molar-refractivity contribution in [1.29, 1.82) is 0 Å². The number of nitrogen functional groups attached to an aromatic ring is 1. The summed E-state index contributed by atoms with van der Waals surface area (Å²) < 4.78 is 1.96. The molecule has 5 N–H and O–H groups in total. The minimum atomic E-state index is -0.492. The lowest BCUT2D eigenvalue weighted by Gasteiger charge is -2.12. The fourth-order valence-electron chi connectivity index (χ4n) is 2.68. The van der Waals surface area contributed by atoms with Gasteiger partial charge in [-0.3, -0.25) is 0 Å². The highest BCUT2D eigenvalue weighted by atomic mass is 16.3. The van der Waals surface area contributed by atoms with E-state index in [4.69, 9.17) is 5.73 Å². The van der Waals surface area contributed by atoms with Crippen molar-refractivity contribution in [2.24, 2.45) is 0 Å². The van der Waals surface area contributed by atoms with Crippen LogP contribution in [-0.2, 0) is 13.1 Å². The molecule has 26 heavy (non-hydrogen) atoms. The predicted octanol–water partition coefficient (Wildman–Crippen LogP) is 2.14. The second-order valence-corrected chi connectivity index (χ2v) is 6.38. The van der Waals surface area contributed by atoms with Gasteiger partial charge in [0.05, 0.1) is 12.4 Å². The monoisotopic (exact) mass is 355 g/mol. The Bertz CT molecular complexity index is 904. The molecule has 2 heterocycles. The van der Waals surface area contributed by atoms with E-state index in [1.54, 1.807) is 13.3 Å². The number of fused-ring (bicyclic) bond motifs is 1. The lowest BCUT2D eigenvalue weighted by Crippen LogP contribution is -2.17. The Hall–Kier alpha value is -2.87. The Labute approximate surface area is 152 Å². The van der Waals surface area contributed by atoms with Gasteiger partial charge >= 0.3 is 0 Å². The summed E-state index contributed by atoms with van der Waals surface area (Å²) in [6.45, 7) is 7.44. The van der Waals surface area contributed by atoms with Crippen LogP contribution in [0.15, 0.2) is 24.5 Å². The maximum absolute atomic E-state index is 9.50. The standard InChI is InChI=1S/C18H25N7O/c1-4-25-10-22-15-16(20-9-13-7-11(2)5-6-14(13)19)23-18(24-17(15)25)21-8-12(3)26/h5-7,10,12,26H,4,8-9,19H2,1-3H3,(H2,20,21,23,24). The highest BCUT2D eigenvalue weighted by molar-refractivity contribution is 5.84. The summed E-state index contributed by atoms with van der Waals surface area (Å²) >= 11 is 0. The molecule has 0 bridgehead atoms. The molecule has 3 aromatic rings. The smallest absolute Gasteiger partial charge is 0.226 e. The first kappa shape index (κ1) is 17.9. The first-order valence-corrected chi connectivity index (χ1v) is 8.71. The second-order valence-electron chi connectivity index (χ2n) is 6.38. The average Bonchev–Trinajstić information content (AvgIpc) is 3.03. The summed E-state index contributed by atoms with van der Waals surface area (Å²) in [5.74, 6) is 1.09. The summed E-state index contributed by atoms with van der Waals surface area (Å²) in [5.41, 5.74) is 10.4. The fourth-order valence-corrected chi connectivity index (χ4v) is 2.68. The molecule has 0 aliphatic rings. The number of nitrogens with two attached hydrogens (primary N) is 1. The van der Waals surface area contributed by atoms with Crippen LogP contribution in [0.3, 0.4) is 0 Å². The van der Waals surface area contributed by atoms with Crippen LogP contribution in [0.2, 0.25) is 0 Å². The van der Waals surface area contributed by atoms with Gasteiger partial charge in [0.25, 0.3) is 0 Å². The number of aliphatic hydroxyl groups is 1. The lowest BCUT2D eigenvalue weighted by atomic mass is 10.1. The van der Waals surface area contributed by atoms with Crippen LogP contribution in [-0.4, -0.2) is 37.3 Å². The van der Waals surface area contributed by atoms with Crippen molar-refractivity contribution >= 4 is 28.6 Å². The molecule has 0 fully saturated rings. The Morgan fingerprint density at radius 2 is 2.08 bits per heavy atom. The van der Waals surface area contributed by atoms with Gasteiger partial charge in [-0.25, -0.2) is 4.98 Å². The summed E-state index contributed by atoms with van der Waals surface area (Å²) in [5, 5.41) is 15.9. The van der Waals surface area contributed by atoms with E-state index in [-0.39, 0.29) is 0 Å². The van der Waals surface area contributed by atoms with Gasteiger partial charge in [0.15, 0.2) is 17.0 Å². The van der Waals surface area contributed by atoms with E-state index in [0.717, 1.165) is 29.0 Å². The number of imidazole rings is 1. The zero-order valence-corrected chi connectivity index (χ0v) is 15.3. The zero-order valence-electron chi connectivity index (χ0n) is 15.3. The van der Waals surface area contributed by atoms with Crippen molar-refractivity contribution in [1.82, 2.24) is 19.5 Å². The molecule has 3 rings (SSSR count). The summed E-state index contributed by atoms with van der Waals surface area (Å²) in [7, 11) is 0. The Balaban J connectivity index is 1.92. The Morgan fingerprint density at radius 3 is 2.81 bits per heavy atom. The van der Waals surface area contributed by atoms with E-state index in [2.05, 4.69) is 31.7 Å². The van der Waals surface area contributed by atoms with Crippen molar-refractivity contribution in [2.45, 2.75) is 40.0 Å². The molecule has 1 aromatic carbocycles. The molecule has 0 aliphatic heterocycles. The van der Waals surface area contributed by atoms with Gasteiger partial charge in [-0.2, -0.15) is 9.97 Å². The lowest BCUT2D eigenvalue weighted by molar-refractivity contribution is 0.208. The molecular weight excluding hydrogens is 330 g/mol. The SMILES string of the molecule is CCn1cnc2c(NCc3cc(C)ccc3N)nc(NCC(C)O)nc21. The quantitative estimate of drug-likeness (QED) is 0.480. The highest BCUT2D eigenvalue weighted by Gasteiger charge is 2.13. The van der Waals surface area contributed by atoms with Crippen LogP contribution in [0, 0.1) is 6.92 Å². The minimum Gasteiger partial charge on any atom is -0.398 e. The Morgan fingerprint density at radius 1 is 1.27 bits per heavy atom. The maximum atomic E-state index is 9.50. The molecule has 0 saturated carbocycles. The topological polar surface area (TPSA) is 114 Å². The zero-order chi connectivity index (χ0) is 18.7. The number of nitrogens with one attached hydrogen (secondary N) is 2. The molecule has 8 nitrogen and oxygen atoms in total. The number of rotatable bonds is 7. The van der Waals surface area contributed by atoms with Crippen molar-refractivity contribution < 1.29 is 5.11 Å². The maximum Gasteiger partial charge on any atom is 0.226 e. The van der Waals surface area contributed by atoms with Crippen LogP contribution in [0.1, 0.15) is 25.0 Å². The van der Waals surface area contributed by atoms with E-state index < -0.39 is 6.10 Å². The summed E-state index contributed by atoms with van der Waals surface area (Å²) in [4.78, 5) is 13.5. The van der Waals surface area contributed by atoms with E-state index in [0.29, 0.717) is 30.4 Å². The summed E-state index contributed by atoms with van der Waals surface area (Å²) in [6.07, 6.45) is 1.26. The molecular formula is C18H25N7O. The molecule has 0 spiro atoms. The van der Waals surface area contributed by atoms with Crippen molar-refractivity contribution in [3.05, 3.63) is 35.7 Å². The van der Waals surface area contributed by atoms with Gasteiger partial charge in [-0.05, 0) is 32.4 Å². The number of aliphatic hydroxyl groups excluding tert-OH is 1. The number of aryl methyl sites for hydroxylation is 2. The van der Waals surface area contributed by atoms with Crippen LogP contribution in [0.25, 0.3) is 11.2 Å². The van der Waals surface area contributed by atoms with Gasteiger partial charge in [0.1, 0.15) is 0 Å². The van der Waals surface area contributed by atoms with Gasteiger partial charge in [0.2, 0.25) is 5.95 Å². The molecule has 0 aliphatic carbocycles. The van der Waals surface area contributed by atoms with Crippen molar-refractivity contribution in [2.75, 3.05) is 22.9 Å². The molecule has 0 radical (unpaired) electrons. The van der Waals surface area contributed by atoms with Gasteiger partial charge in [0, 0.05) is 25.3 Å². The average molecular weight is 355 g/mol. The third-order valence-electron chi connectivity index (χ3n) is 4.10. The number of anilines is 3. The van der Waals surface area contributed by atoms with E-state index in [1.165, 1.54) is 0 Å². The van der Waals surface area contributed by atoms with Crippen molar-refractivity contribution in [3.63, 3.8) is 0 Å². The van der Waals surface area contributed by atoms with Crippen LogP contribution in [0.4, 0.5) is 17.5 Å². The number of nitrogens with zero attached hydrogens (tertiary/aromatic N) is 4. The number of hydrogen-bond donors (Lipinski definition) is 4. The molecule has 8 heteroatoms. The van der Waals surface area contributed by atoms with Crippen LogP contribution < -0.4 is 16.4 Å². The van der Waals surface area contributed by atoms with Crippen LogP contribution >= 0.6 is 0 Å². The molecule has 1 atom stereocenters. The summed E-state index contributed by atoms with van der Waals surface area (Å²) in [6, 6.07) is 5.95. The first-order chi connectivity index (χ1) is 12.5. The largest absolute Gasteiger partial charge is 0.398 e. The molecule has 2 aromatic heterocycles. The Kier molecular flexibility index (Phi) is 5.22. The third-order valence-corrected chi connectivity index (χ3v) is 4.10. The van der Waals surface area contributed by atoms with Crippen LogP contribution in [0.5, 0.6) is 0 Å². The number of hydrogen-bond acceptors (Lipinski definition) is 7. The molecule has 0 saturated heterocycles. The molecule has 1 unspecified atom stereocenters. The minimum absolute atomic E-state index is 0.371.